The Kier molecular flexibility index (Phi) is 7.23. The number of aromatic nitrogens is 6. The van der Waals surface area contributed by atoms with E-state index in [2.05, 4.69) is 156 Å². The molecule has 4 aromatic heterocycles. The van der Waals surface area contributed by atoms with E-state index in [0.717, 1.165) is 66.1 Å². The van der Waals surface area contributed by atoms with E-state index in [1.54, 1.807) is 0 Å². The minimum Gasteiger partial charge on any atom is -0.435 e. The molecule has 0 unspecified atom stereocenters. The highest BCUT2D eigenvalue weighted by Gasteiger charge is 2.35. The molecule has 7 heteroatoms. The number of nitrogens with zero attached hydrogens (tertiary/aromatic N) is 6. The topological polar surface area (TPSA) is 74.6 Å². The summed E-state index contributed by atoms with van der Waals surface area (Å²) in [6, 6.07) is 63.7. The van der Waals surface area contributed by atoms with Crippen LogP contribution < -0.4 is 0 Å². The van der Waals surface area contributed by atoms with Gasteiger partial charge in [-0.05, 0) is 76.9 Å². The number of para-hydroxylation sites is 4. The van der Waals surface area contributed by atoms with E-state index in [0.29, 0.717) is 29.1 Å². The third kappa shape index (κ3) is 4.93. The van der Waals surface area contributed by atoms with E-state index in [1.807, 2.05) is 48.5 Å². The van der Waals surface area contributed by atoms with Gasteiger partial charge in [0.05, 0.1) is 27.6 Å². The zero-order valence-corrected chi connectivity index (χ0v) is 33.9. The summed E-state index contributed by atoms with van der Waals surface area (Å²) in [5.41, 5.74) is 14.1. The largest absolute Gasteiger partial charge is 0.435 e. The van der Waals surface area contributed by atoms with Crippen molar-refractivity contribution in [3.63, 3.8) is 0 Å². The van der Waals surface area contributed by atoms with Crippen LogP contribution in [0.25, 0.3) is 112 Å². The minimum atomic E-state index is -0.205. The average Bonchev–Trinajstić information content (AvgIpc) is 4.07. The van der Waals surface area contributed by atoms with E-state index >= 15 is 0 Å². The molecule has 1 aliphatic rings. The molecule has 0 aliphatic heterocycles. The molecule has 0 atom stereocenters. The van der Waals surface area contributed by atoms with Crippen molar-refractivity contribution in [3.05, 3.63) is 193 Å². The van der Waals surface area contributed by atoms with Crippen molar-refractivity contribution in [3.8, 4) is 57.0 Å². The zero-order valence-electron chi connectivity index (χ0n) is 33.9. The van der Waals surface area contributed by atoms with Gasteiger partial charge in [-0.2, -0.15) is 9.97 Å². The summed E-state index contributed by atoms with van der Waals surface area (Å²) in [4.78, 5) is 21.2. The highest BCUT2D eigenvalue weighted by molar-refractivity contribution is 6.23. The van der Waals surface area contributed by atoms with Crippen molar-refractivity contribution < 1.29 is 4.42 Å². The molecule has 12 aromatic rings. The number of fused-ring (bicyclic) bond motifs is 11. The van der Waals surface area contributed by atoms with Crippen LogP contribution in [0.2, 0.25) is 0 Å². The third-order valence-corrected chi connectivity index (χ3v) is 12.8. The Hall–Kier alpha value is -8.16. The maximum atomic E-state index is 6.61. The van der Waals surface area contributed by atoms with Crippen molar-refractivity contribution in [1.82, 2.24) is 29.1 Å². The fourth-order valence-electron chi connectivity index (χ4n) is 9.94. The van der Waals surface area contributed by atoms with Crippen LogP contribution in [0.1, 0.15) is 25.0 Å². The van der Waals surface area contributed by atoms with E-state index in [9.17, 15) is 0 Å². The zero-order chi connectivity index (χ0) is 41.1. The van der Waals surface area contributed by atoms with Crippen molar-refractivity contribution in [2.24, 2.45) is 0 Å². The molecule has 0 amide bonds. The SMILES string of the molecule is CC1(C)c2ccccc2-c2ccc(-c3nc(-c4cccc5nc(-c6ccccc6)oc45)nc(-n4c5ccccc5c5ccc6c7ccccc7n(-c7ccccc7)c6c54)n3)cc21. The van der Waals surface area contributed by atoms with Gasteiger partial charge >= 0.3 is 0 Å². The second-order valence-corrected chi connectivity index (χ2v) is 16.7. The smallest absolute Gasteiger partial charge is 0.238 e. The Balaban J connectivity index is 1.14. The van der Waals surface area contributed by atoms with E-state index < -0.39 is 0 Å². The molecule has 62 heavy (non-hydrogen) atoms. The van der Waals surface area contributed by atoms with Crippen LogP contribution in [0, 0.1) is 0 Å². The van der Waals surface area contributed by atoms with E-state index in [-0.39, 0.29) is 5.41 Å². The Labute approximate surface area is 356 Å². The summed E-state index contributed by atoms with van der Waals surface area (Å²) < 4.78 is 11.2. The summed E-state index contributed by atoms with van der Waals surface area (Å²) in [5.74, 6) is 2.12. The van der Waals surface area contributed by atoms with Gasteiger partial charge in [0.1, 0.15) is 5.52 Å². The van der Waals surface area contributed by atoms with Gasteiger partial charge in [-0.25, -0.2) is 9.97 Å². The summed E-state index contributed by atoms with van der Waals surface area (Å²) >= 11 is 0. The van der Waals surface area contributed by atoms with Crippen molar-refractivity contribution in [2.45, 2.75) is 19.3 Å². The van der Waals surface area contributed by atoms with Crippen LogP contribution in [0.4, 0.5) is 0 Å². The first-order chi connectivity index (χ1) is 30.5. The van der Waals surface area contributed by atoms with Crippen LogP contribution in [-0.2, 0) is 5.41 Å². The molecular formula is C55H36N6O. The summed E-state index contributed by atoms with van der Waals surface area (Å²) in [6.45, 7) is 4.60. The molecular weight excluding hydrogens is 761 g/mol. The molecule has 0 bridgehead atoms. The fraction of sp³-hybridized carbons (Fsp3) is 0.0545. The monoisotopic (exact) mass is 796 g/mol. The molecule has 8 aromatic carbocycles. The lowest BCUT2D eigenvalue weighted by Gasteiger charge is -2.21. The van der Waals surface area contributed by atoms with Gasteiger partial charge in [-0.3, -0.25) is 4.57 Å². The first-order valence-electron chi connectivity index (χ1n) is 21.0. The second-order valence-electron chi connectivity index (χ2n) is 16.7. The number of hydrogen-bond donors (Lipinski definition) is 0. The molecule has 1 aliphatic carbocycles. The molecule has 0 spiro atoms. The quantitative estimate of drug-likeness (QED) is 0.173. The van der Waals surface area contributed by atoms with Gasteiger partial charge in [0.15, 0.2) is 17.2 Å². The van der Waals surface area contributed by atoms with Crippen molar-refractivity contribution in [2.75, 3.05) is 0 Å². The molecule has 0 saturated carbocycles. The number of hydrogen-bond acceptors (Lipinski definition) is 5. The van der Waals surface area contributed by atoms with Gasteiger partial charge in [0.2, 0.25) is 11.8 Å². The van der Waals surface area contributed by atoms with Crippen molar-refractivity contribution in [1.29, 1.82) is 0 Å². The first-order valence-corrected chi connectivity index (χ1v) is 21.0. The lowest BCUT2D eigenvalue weighted by Crippen LogP contribution is -2.15. The van der Waals surface area contributed by atoms with Gasteiger partial charge in [0, 0.05) is 43.8 Å². The Bertz CT molecular complexity index is 3780. The number of oxazole rings is 1. The number of benzene rings is 8. The van der Waals surface area contributed by atoms with Gasteiger partial charge in [-0.1, -0.05) is 141 Å². The van der Waals surface area contributed by atoms with Gasteiger partial charge < -0.3 is 8.98 Å². The maximum Gasteiger partial charge on any atom is 0.238 e. The van der Waals surface area contributed by atoms with Gasteiger partial charge in [0.25, 0.3) is 0 Å². The third-order valence-electron chi connectivity index (χ3n) is 12.8. The maximum absolute atomic E-state index is 6.61. The summed E-state index contributed by atoms with van der Waals surface area (Å²) in [7, 11) is 0. The lowest BCUT2D eigenvalue weighted by atomic mass is 9.82. The predicted octanol–water partition coefficient (Wildman–Crippen LogP) is 13.5. The summed E-state index contributed by atoms with van der Waals surface area (Å²) in [5, 5.41) is 4.55. The van der Waals surface area contributed by atoms with Crippen LogP contribution >= 0.6 is 0 Å². The molecule has 4 heterocycles. The normalized spacial score (nSPS) is 13.1. The second kappa shape index (κ2) is 12.9. The molecule has 0 radical (unpaired) electrons. The van der Waals surface area contributed by atoms with Crippen LogP contribution in [0.15, 0.2) is 186 Å². The predicted molar refractivity (Wildman–Crippen MR) is 250 cm³/mol. The highest BCUT2D eigenvalue weighted by atomic mass is 16.3. The Morgan fingerprint density at radius 2 is 1.05 bits per heavy atom. The minimum absolute atomic E-state index is 0.205. The van der Waals surface area contributed by atoms with Gasteiger partial charge in [-0.15, -0.1) is 0 Å². The summed E-state index contributed by atoms with van der Waals surface area (Å²) in [6.07, 6.45) is 0. The molecule has 0 N–H and O–H groups in total. The highest BCUT2D eigenvalue weighted by Crippen LogP contribution is 2.50. The molecule has 292 valence electrons. The molecule has 0 saturated heterocycles. The van der Waals surface area contributed by atoms with Crippen LogP contribution in [0.5, 0.6) is 0 Å². The molecule has 7 nitrogen and oxygen atoms in total. The fourth-order valence-corrected chi connectivity index (χ4v) is 9.94. The molecule has 13 rings (SSSR count). The first kappa shape index (κ1) is 34.7. The van der Waals surface area contributed by atoms with Crippen molar-refractivity contribution >= 4 is 54.7 Å². The standard InChI is InChI=1S/C55H36N6O/c1-55(2)43-24-12-9-20-36(43)37-29-28-34(32-44(37)55)51-57-52(42-23-15-25-45-50(42)62-53(56-45)33-16-5-3-6-17-33)59-54(58-51)61-47-27-14-11-22-39(47)41-31-30-40-38-21-10-13-26-46(38)60(48(40)49(41)61)35-18-7-4-8-19-35/h3-32H,1-2H3. The molecule has 0 fully saturated rings. The number of rotatable bonds is 5. The van der Waals surface area contributed by atoms with E-state index in [1.165, 1.54) is 27.6 Å². The Morgan fingerprint density at radius 3 is 1.82 bits per heavy atom. The Morgan fingerprint density at radius 1 is 0.435 bits per heavy atom. The van der Waals surface area contributed by atoms with Crippen LogP contribution in [-0.4, -0.2) is 29.1 Å². The van der Waals surface area contributed by atoms with Crippen LogP contribution in [0.3, 0.4) is 0 Å². The average molecular weight is 797 g/mol. The lowest BCUT2D eigenvalue weighted by molar-refractivity contribution is 0.620. The van der Waals surface area contributed by atoms with E-state index in [4.69, 9.17) is 24.4 Å².